The highest BCUT2D eigenvalue weighted by Crippen LogP contribution is 2.35. The summed E-state index contributed by atoms with van der Waals surface area (Å²) < 4.78 is 7.47. The number of carbonyl (C=O) groups is 1. The van der Waals surface area contributed by atoms with Crippen LogP contribution in [0.1, 0.15) is 29.3 Å². The van der Waals surface area contributed by atoms with E-state index in [0.29, 0.717) is 13.2 Å². The third-order valence-electron chi connectivity index (χ3n) is 3.11. The Kier molecular flexibility index (Phi) is 6.47. The van der Waals surface area contributed by atoms with Gasteiger partial charge in [0.2, 0.25) is 0 Å². The third-order valence-corrected chi connectivity index (χ3v) is 4.29. The molecule has 0 amide bonds. The highest BCUT2D eigenvalue weighted by molar-refractivity contribution is 9.11. The van der Waals surface area contributed by atoms with Crippen LogP contribution in [0.4, 0.5) is 5.69 Å². The lowest BCUT2D eigenvalue weighted by molar-refractivity contribution is 0.0697. The van der Waals surface area contributed by atoms with Crippen LogP contribution in [0.5, 0.6) is 5.75 Å². The molecule has 2 rings (SSSR count). The molecule has 122 valence electrons. The van der Waals surface area contributed by atoms with Gasteiger partial charge in [-0.3, -0.25) is 0 Å². The second-order valence-corrected chi connectivity index (χ2v) is 6.69. The molecule has 0 aliphatic rings. The van der Waals surface area contributed by atoms with E-state index >= 15 is 0 Å². The number of nitrogens with one attached hydrogen (secondary N) is 1. The number of halogens is 2. The summed E-state index contributed by atoms with van der Waals surface area (Å²) in [4.78, 5) is 11.0. The van der Waals surface area contributed by atoms with Crippen molar-refractivity contribution in [2.24, 2.45) is 0 Å². The average Bonchev–Trinajstić information content (AvgIpc) is 2.52. The van der Waals surface area contributed by atoms with Crippen molar-refractivity contribution in [3.63, 3.8) is 0 Å². The summed E-state index contributed by atoms with van der Waals surface area (Å²) in [6.45, 7) is 3.30. The van der Waals surface area contributed by atoms with Crippen molar-refractivity contribution in [1.82, 2.24) is 0 Å². The summed E-state index contributed by atoms with van der Waals surface area (Å²) in [5.41, 5.74) is 2.08. The number of aromatic carboxylic acids is 1. The molecule has 0 saturated heterocycles. The molecule has 0 saturated carbocycles. The minimum atomic E-state index is -0.934. The largest absolute Gasteiger partial charge is 0.491 e. The van der Waals surface area contributed by atoms with Gasteiger partial charge in [0.15, 0.2) is 0 Å². The van der Waals surface area contributed by atoms with Crippen molar-refractivity contribution in [1.29, 1.82) is 0 Å². The van der Waals surface area contributed by atoms with E-state index in [2.05, 4.69) is 44.1 Å². The lowest BCUT2D eigenvalue weighted by atomic mass is 10.2. The Morgan fingerprint density at radius 2 is 1.91 bits per heavy atom. The fourth-order valence-electron chi connectivity index (χ4n) is 2.02. The van der Waals surface area contributed by atoms with E-state index in [9.17, 15) is 4.79 Å². The summed E-state index contributed by atoms with van der Waals surface area (Å²) >= 11 is 7.05. The Morgan fingerprint density at radius 3 is 2.52 bits per heavy atom. The van der Waals surface area contributed by atoms with E-state index in [4.69, 9.17) is 9.84 Å². The van der Waals surface area contributed by atoms with Crippen LogP contribution in [0.15, 0.2) is 45.3 Å². The second-order valence-electron chi connectivity index (χ2n) is 4.98. The molecular weight excluding hydrogens is 426 g/mol. The standard InChI is InChI=1S/C17H17Br2NO3/c1-2-6-23-16-14(18)7-11(8-15(16)19)10-20-13-5-3-4-12(9-13)17(21)22/h3-5,7-9,20H,2,6,10H2,1H3,(H,21,22). The first-order valence-corrected chi connectivity index (χ1v) is 8.77. The van der Waals surface area contributed by atoms with Crippen molar-refractivity contribution in [2.75, 3.05) is 11.9 Å². The zero-order valence-corrected chi connectivity index (χ0v) is 15.8. The molecule has 0 unspecified atom stereocenters. The quantitative estimate of drug-likeness (QED) is 0.609. The molecule has 0 bridgehead atoms. The fraction of sp³-hybridized carbons (Fsp3) is 0.235. The van der Waals surface area contributed by atoms with Gasteiger partial charge in [0, 0.05) is 12.2 Å². The third kappa shape index (κ3) is 4.97. The summed E-state index contributed by atoms with van der Waals surface area (Å²) in [7, 11) is 0. The maximum absolute atomic E-state index is 11.0. The first-order chi connectivity index (χ1) is 11.0. The van der Waals surface area contributed by atoms with Crippen molar-refractivity contribution >= 4 is 43.5 Å². The number of rotatable bonds is 7. The number of anilines is 1. The maximum Gasteiger partial charge on any atom is 0.335 e. The Bertz CT molecular complexity index is 681. The van der Waals surface area contributed by atoms with Gasteiger partial charge in [-0.05, 0) is 74.2 Å². The molecule has 0 heterocycles. The predicted molar refractivity (Wildman–Crippen MR) is 98.4 cm³/mol. The Labute approximate surface area is 152 Å². The molecule has 0 fully saturated rings. The van der Waals surface area contributed by atoms with E-state index in [1.807, 2.05) is 18.2 Å². The monoisotopic (exact) mass is 441 g/mol. The van der Waals surface area contributed by atoms with Crippen LogP contribution in [-0.4, -0.2) is 17.7 Å². The smallest absolute Gasteiger partial charge is 0.335 e. The molecule has 0 spiro atoms. The fourth-order valence-corrected chi connectivity index (χ4v) is 3.53. The van der Waals surface area contributed by atoms with Crippen molar-refractivity contribution in [3.05, 3.63) is 56.5 Å². The number of ether oxygens (including phenoxy) is 1. The maximum atomic E-state index is 11.0. The van der Waals surface area contributed by atoms with Crippen LogP contribution in [0.25, 0.3) is 0 Å². The molecule has 2 aromatic carbocycles. The SMILES string of the molecule is CCCOc1c(Br)cc(CNc2cccc(C(=O)O)c2)cc1Br. The normalized spacial score (nSPS) is 10.4. The molecule has 0 atom stereocenters. The lowest BCUT2D eigenvalue weighted by Crippen LogP contribution is -2.03. The zero-order chi connectivity index (χ0) is 16.8. The highest BCUT2D eigenvalue weighted by atomic mass is 79.9. The van der Waals surface area contributed by atoms with Crippen LogP contribution in [-0.2, 0) is 6.54 Å². The van der Waals surface area contributed by atoms with Crippen LogP contribution in [0.3, 0.4) is 0 Å². The summed E-state index contributed by atoms with van der Waals surface area (Å²) in [6.07, 6.45) is 0.947. The summed E-state index contributed by atoms with van der Waals surface area (Å²) in [5, 5.41) is 12.2. The molecule has 23 heavy (non-hydrogen) atoms. The molecule has 0 aliphatic heterocycles. The van der Waals surface area contributed by atoms with Crippen LogP contribution >= 0.6 is 31.9 Å². The Balaban J connectivity index is 2.09. The molecule has 0 aromatic heterocycles. The first-order valence-electron chi connectivity index (χ1n) is 7.19. The minimum absolute atomic E-state index is 0.265. The number of carboxylic acid groups (broad SMARTS) is 1. The molecule has 2 N–H and O–H groups in total. The predicted octanol–water partition coefficient (Wildman–Crippen LogP) is 5.31. The van der Waals surface area contributed by atoms with Crippen LogP contribution in [0, 0.1) is 0 Å². The van der Waals surface area contributed by atoms with E-state index in [-0.39, 0.29) is 5.56 Å². The zero-order valence-electron chi connectivity index (χ0n) is 12.6. The summed E-state index contributed by atoms with van der Waals surface area (Å²) in [5.74, 6) is -0.139. The second kappa shape index (κ2) is 8.36. The molecular formula is C17H17Br2NO3. The van der Waals surface area contributed by atoms with Crippen molar-refractivity contribution in [2.45, 2.75) is 19.9 Å². The van der Waals surface area contributed by atoms with E-state index < -0.39 is 5.97 Å². The van der Waals surface area contributed by atoms with Crippen LogP contribution in [0.2, 0.25) is 0 Å². The van der Waals surface area contributed by atoms with E-state index in [0.717, 1.165) is 32.4 Å². The molecule has 2 aromatic rings. The number of hydrogen-bond acceptors (Lipinski definition) is 3. The van der Waals surface area contributed by atoms with Crippen LogP contribution < -0.4 is 10.1 Å². The van der Waals surface area contributed by atoms with Gasteiger partial charge in [0.1, 0.15) is 5.75 Å². The van der Waals surface area contributed by atoms with E-state index in [1.165, 1.54) is 0 Å². The van der Waals surface area contributed by atoms with Gasteiger partial charge in [0.05, 0.1) is 21.1 Å². The molecule has 0 aliphatic carbocycles. The molecule has 4 nitrogen and oxygen atoms in total. The van der Waals surface area contributed by atoms with Crippen molar-refractivity contribution in [3.8, 4) is 5.75 Å². The van der Waals surface area contributed by atoms with Gasteiger partial charge in [-0.2, -0.15) is 0 Å². The minimum Gasteiger partial charge on any atom is -0.491 e. The van der Waals surface area contributed by atoms with Gasteiger partial charge in [-0.15, -0.1) is 0 Å². The van der Waals surface area contributed by atoms with Crippen molar-refractivity contribution < 1.29 is 14.6 Å². The topological polar surface area (TPSA) is 58.6 Å². The average molecular weight is 443 g/mol. The summed E-state index contributed by atoms with van der Waals surface area (Å²) in [6, 6.07) is 10.7. The van der Waals surface area contributed by atoms with E-state index in [1.54, 1.807) is 18.2 Å². The van der Waals surface area contributed by atoms with Gasteiger partial charge < -0.3 is 15.2 Å². The first kappa shape index (κ1) is 17.8. The number of benzene rings is 2. The highest BCUT2D eigenvalue weighted by Gasteiger charge is 2.09. The Morgan fingerprint density at radius 1 is 1.22 bits per heavy atom. The van der Waals surface area contributed by atoms with Gasteiger partial charge >= 0.3 is 5.97 Å². The Hall–Kier alpha value is -1.53. The molecule has 6 heteroatoms. The lowest BCUT2D eigenvalue weighted by Gasteiger charge is -2.13. The molecule has 0 radical (unpaired) electrons. The van der Waals surface area contributed by atoms with Gasteiger partial charge in [-0.25, -0.2) is 4.79 Å². The van der Waals surface area contributed by atoms with Gasteiger partial charge in [0.25, 0.3) is 0 Å². The van der Waals surface area contributed by atoms with Gasteiger partial charge in [-0.1, -0.05) is 13.0 Å². The number of hydrogen-bond donors (Lipinski definition) is 2. The number of carboxylic acids is 1.